The molecule has 0 aromatic carbocycles. The van der Waals surface area contributed by atoms with Crippen molar-refractivity contribution in [1.29, 1.82) is 0 Å². The fourth-order valence-electron chi connectivity index (χ4n) is 1.29. The van der Waals surface area contributed by atoms with E-state index in [1.165, 1.54) is 10.9 Å². The van der Waals surface area contributed by atoms with Gasteiger partial charge < -0.3 is 10.4 Å². The predicted octanol–water partition coefficient (Wildman–Crippen LogP) is 1.10. The zero-order valence-electron chi connectivity index (χ0n) is 9.52. The highest BCUT2D eigenvalue weighted by atomic mass is 16.4. The summed E-state index contributed by atoms with van der Waals surface area (Å²) in [5.74, 6) is -1.01. The number of carboxylic acid groups (broad SMARTS) is 1. The second-order valence-electron chi connectivity index (χ2n) is 4.02. The van der Waals surface area contributed by atoms with Crippen molar-refractivity contribution >= 4 is 17.7 Å². The Balaban J connectivity index is 2.80. The zero-order valence-corrected chi connectivity index (χ0v) is 9.52. The molecule has 0 fully saturated rings. The van der Waals surface area contributed by atoms with Crippen LogP contribution in [-0.2, 0) is 11.8 Å². The fraction of sp³-hybridized carbons (Fsp3) is 0.500. The van der Waals surface area contributed by atoms with Gasteiger partial charge in [0, 0.05) is 19.7 Å². The average molecular weight is 225 g/mol. The van der Waals surface area contributed by atoms with Gasteiger partial charge in [0.2, 0.25) is 5.91 Å². The quantitative estimate of drug-likeness (QED) is 0.803. The Hall–Kier alpha value is -1.85. The Morgan fingerprint density at radius 2 is 2.19 bits per heavy atom. The van der Waals surface area contributed by atoms with E-state index >= 15 is 0 Å². The second-order valence-corrected chi connectivity index (χ2v) is 4.02. The maximum atomic E-state index is 11.5. The Morgan fingerprint density at radius 1 is 1.56 bits per heavy atom. The Kier molecular flexibility index (Phi) is 3.65. The lowest BCUT2D eigenvalue weighted by atomic mass is 10.1. The van der Waals surface area contributed by atoms with E-state index in [1.807, 2.05) is 13.8 Å². The number of carboxylic acids is 1. The third kappa shape index (κ3) is 3.08. The van der Waals surface area contributed by atoms with Gasteiger partial charge >= 0.3 is 5.97 Å². The number of rotatable bonds is 4. The zero-order chi connectivity index (χ0) is 12.3. The Morgan fingerprint density at radius 3 is 2.69 bits per heavy atom. The number of nitrogens with one attached hydrogen (secondary N) is 1. The van der Waals surface area contributed by atoms with E-state index in [0.29, 0.717) is 6.42 Å². The normalized spacial score (nSPS) is 10.5. The van der Waals surface area contributed by atoms with Crippen molar-refractivity contribution in [2.75, 3.05) is 5.32 Å². The van der Waals surface area contributed by atoms with Crippen molar-refractivity contribution in [1.82, 2.24) is 9.78 Å². The van der Waals surface area contributed by atoms with Crippen LogP contribution < -0.4 is 5.32 Å². The molecule has 0 atom stereocenters. The molecule has 0 saturated heterocycles. The summed E-state index contributed by atoms with van der Waals surface area (Å²) in [6.07, 6.45) is 1.70. The molecule has 0 saturated carbocycles. The molecule has 0 unspecified atom stereocenters. The van der Waals surface area contributed by atoms with E-state index in [4.69, 9.17) is 5.11 Å². The van der Waals surface area contributed by atoms with E-state index < -0.39 is 5.97 Å². The monoisotopic (exact) mass is 225 g/mol. The van der Waals surface area contributed by atoms with Crippen molar-refractivity contribution < 1.29 is 14.7 Å². The molecule has 0 radical (unpaired) electrons. The van der Waals surface area contributed by atoms with Crippen LogP contribution in [0, 0.1) is 5.92 Å². The molecule has 2 N–H and O–H groups in total. The van der Waals surface area contributed by atoms with Gasteiger partial charge in [-0.15, -0.1) is 0 Å². The van der Waals surface area contributed by atoms with Gasteiger partial charge in [-0.05, 0) is 5.92 Å². The minimum Gasteiger partial charge on any atom is -0.477 e. The summed E-state index contributed by atoms with van der Waals surface area (Å²) in [4.78, 5) is 22.3. The first kappa shape index (κ1) is 12.2. The highest BCUT2D eigenvalue weighted by Crippen LogP contribution is 2.13. The maximum Gasteiger partial charge on any atom is 0.341 e. The number of anilines is 1. The maximum absolute atomic E-state index is 11.5. The van der Waals surface area contributed by atoms with Crippen LogP contribution in [0.4, 0.5) is 5.82 Å². The standard InChI is InChI=1S/C10H15N3O3/c1-6(2)4-8(14)11-9-7(10(15)16)5-13(3)12-9/h5-6H,4H2,1-3H3,(H,15,16)(H,11,12,14). The van der Waals surface area contributed by atoms with E-state index in [1.54, 1.807) is 7.05 Å². The second kappa shape index (κ2) is 4.78. The molecule has 1 amide bonds. The van der Waals surface area contributed by atoms with E-state index in [-0.39, 0.29) is 23.2 Å². The molecular weight excluding hydrogens is 210 g/mol. The topological polar surface area (TPSA) is 84.2 Å². The van der Waals surface area contributed by atoms with Gasteiger partial charge in [0.25, 0.3) is 0 Å². The van der Waals surface area contributed by atoms with Gasteiger partial charge in [0.15, 0.2) is 5.82 Å². The van der Waals surface area contributed by atoms with Gasteiger partial charge in [-0.25, -0.2) is 4.79 Å². The summed E-state index contributed by atoms with van der Waals surface area (Å²) in [7, 11) is 1.60. The van der Waals surface area contributed by atoms with E-state index in [9.17, 15) is 9.59 Å². The number of carbonyl (C=O) groups excluding carboxylic acids is 1. The summed E-state index contributed by atoms with van der Waals surface area (Å²) in [6, 6.07) is 0. The number of nitrogens with zero attached hydrogens (tertiary/aromatic N) is 2. The van der Waals surface area contributed by atoms with E-state index in [0.717, 1.165) is 0 Å². The molecule has 1 heterocycles. The molecule has 0 aliphatic carbocycles. The number of aromatic carboxylic acids is 1. The Labute approximate surface area is 93.3 Å². The number of hydrogen-bond acceptors (Lipinski definition) is 3. The molecule has 1 aromatic rings. The Bertz CT molecular complexity index is 409. The third-order valence-electron chi connectivity index (χ3n) is 1.91. The summed E-state index contributed by atoms with van der Waals surface area (Å²) in [6.45, 7) is 3.83. The van der Waals surface area contributed by atoms with Gasteiger partial charge in [0.1, 0.15) is 5.56 Å². The molecule has 6 nitrogen and oxygen atoms in total. The highest BCUT2D eigenvalue weighted by molar-refractivity contribution is 5.99. The molecule has 1 aromatic heterocycles. The van der Waals surface area contributed by atoms with Crippen molar-refractivity contribution in [3.05, 3.63) is 11.8 Å². The van der Waals surface area contributed by atoms with Crippen LogP contribution in [0.5, 0.6) is 0 Å². The largest absolute Gasteiger partial charge is 0.477 e. The first-order valence-electron chi connectivity index (χ1n) is 4.97. The van der Waals surface area contributed by atoms with Gasteiger partial charge in [-0.3, -0.25) is 9.48 Å². The third-order valence-corrected chi connectivity index (χ3v) is 1.91. The number of aromatic nitrogens is 2. The molecule has 16 heavy (non-hydrogen) atoms. The molecule has 0 aliphatic rings. The SMILES string of the molecule is CC(C)CC(=O)Nc1nn(C)cc1C(=O)O. The summed E-state index contributed by atoms with van der Waals surface area (Å²) >= 11 is 0. The average Bonchev–Trinajstić information content (AvgIpc) is 2.44. The lowest BCUT2D eigenvalue weighted by Crippen LogP contribution is -2.16. The molecule has 88 valence electrons. The number of aryl methyl sites for hydroxylation is 1. The van der Waals surface area contributed by atoms with Crippen LogP contribution >= 0.6 is 0 Å². The highest BCUT2D eigenvalue weighted by Gasteiger charge is 2.16. The van der Waals surface area contributed by atoms with Crippen LogP contribution in [0.25, 0.3) is 0 Å². The number of hydrogen-bond donors (Lipinski definition) is 2. The van der Waals surface area contributed by atoms with Crippen LogP contribution in [0.1, 0.15) is 30.6 Å². The molecule has 0 spiro atoms. The lowest BCUT2D eigenvalue weighted by molar-refractivity contribution is -0.116. The summed E-state index contributed by atoms with van der Waals surface area (Å²) in [5.41, 5.74) is -0.000365. The van der Waals surface area contributed by atoms with Crippen LogP contribution in [-0.4, -0.2) is 26.8 Å². The van der Waals surface area contributed by atoms with Gasteiger partial charge in [-0.1, -0.05) is 13.8 Å². The summed E-state index contributed by atoms with van der Waals surface area (Å²) in [5, 5.41) is 15.2. The van der Waals surface area contributed by atoms with Crippen LogP contribution in [0.15, 0.2) is 6.20 Å². The van der Waals surface area contributed by atoms with Gasteiger partial charge in [-0.2, -0.15) is 5.10 Å². The van der Waals surface area contributed by atoms with Crippen molar-refractivity contribution in [2.24, 2.45) is 13.0 Å². The molecule has 1 rings (SSSR count). The fourth-order valence-corrected chi connectivity index (χ4v) is 1.29. The molecule has 0 aliphatic heterocycles. The predicted molar refractivity (Wildman–Crippen MR) is 58.3 cm³/mol. The molecular formula is C10H15N3O3. The van der Waals surface area contributed by atoms with Gasteiger partial charge in [0.05, 0.1) is 0 Å². The van der Waals surface area contributed by atoms with Crippen molar-refractivity contribution in [2.45, 2.75) is 20.3 Å². The first-order valence-corrected chi connectivity index (χ1v) is 4.97. The molecule has 6 heteroatoms. The van der Waals surface area contributed by atoms with Crippen molar-refractivity contribution in [3.63, 3.8) is 0 Å². The summed E-state index contributed by atoms with van der Waals surface area (Å²) < 4.78 is 1.36. The minimum atomic E-state index is -1.10. The number of amides is 1. The van der Waals surface area contributed by atoms with Crippen molar-refractivity contribution in [3.8, 4) is 0 Å². The molecule has 0 bridgehead atoms. The van der Waals surface area contributed by atoms with E-state index in [2.05, 4.69) is 10.4 Å². The first-order chi connectivity index (χ1) is 7.40. The number of carbonyl (C=O) groups is 2. The van der Waals surface area contributed by atoms with Crippen LogP contribution in [0.2, 0.25) is 0 Å². The lowest BCUT2D eigenvalue weighted by Gasteiger charge is -2.04. The smallest absolute Gasteiger partial charge is 0.341 e. The minimum absolute atomic E-state index is 0.000365. The van der Waals surface area contributed by atoms with Crippen LogP contribution in [0.3, 0.4) is 0 Å².